The number of guanidine groups is 1. The Kier molecular flexibility index (Phi) is 10.1. The molecule has 1 aromatic carbocycles. The highest BCUT2D eigenvalue weighted by Gasteiger charge is 2.05. The molecule has 0 aliphatic carbocycles. The Bertz CT molecular complexity index is 568. The van der Waals surface area contributed by atoms with Crippen LogP contribution in [0.3, 0.4) is 0 Å². The van der Waals surface area contributed by atoms with Gasteiger partial charge in [0.2, 0.25) is 0 Å². The number of nitrogens with zero attached hydrogens (tertiary/aromatic N) is 3. The molecule has 1 atom stereocenters. The van der Waals surface area contributed by atoms with Gasteiger partial charge in [0.05, 0.1) is 13.1 Å². The summed E-state index contributed by atoms with van der Waals surface area (Å²) in [5, 5.41) is 11.0. The van der Waals surface area contributed by atoms with E-state index in [4.69, 9.17) is 0 Å². The van der Waals surface area contributed by atoms with E-state index in [0.717, 1.165) is 31.9 Å². The first-order valence-corrected chi connectivity index (χ1v) is 8.34. The number of hydrogen-bond acceptors (Lipinski definition) is 2. The lowest BCUT2D eigenvalue weighted by Gasteiger charge is -2.18. The second-order valence-electron chi connectivity index (χ2n) is 5.60. The summed E-state index contributed by atoms with van der Waals surface area (Å²) in [6.07, 6.45) is 5.90. The number of aryl methyl sites for hydroxylation is 1. The molecule has 5 nitrogen and oxygen atoms in total. The van der Waals surface area contributed by atoms with Crippen molar-refractivity contribution in [3.8, 4) is 0 Å². The fraction of sp³-hybridized carbons (Fsp3) is 0.444. The molecule has 0 radical (unpaired) electrons. The maximum absolute atomic E-state index is 4.62. The van der Waals surface area contributed by atoms with E-state index in [9.17, 15) is 0 Å². The number of rotatable bonds is 8. The van der Waals surface area contributed by atoms with E-state index in [0.29, 0.717) is 12.6 Å². The van der Waals surface area contributed by atoms with Gasteiger partial charge >= 0.3 is 0 Å². The third-order valence-corrected chi connectivity index (χ3v) is 3.59. The molecule has 0 spiro atoms. The Balaban J connectivity index is 0.00000288. The molecule has 1 heterocycles. The van der Waals surface area contributed by atoms with Gasteiger partial charge in [-0.3, -0.25) is 9.67 Å². The summed E-state index contributed by atoms with van der Waals surface area (Å²) in [5.41, 5.74) is 1.38. The van der Waals surface area contributed by atoms with Crippen LogP contribution >= 0.6 is 24.0 Å². The molecule has 0 saturated carbocycles. The summed E-state index contributed by atoms with van der Waals surface area (Å²) in [6, 6.07) is 12.9. The molecule has 0 aliphatic heterocycles. The lowest BCUT2D eigenvalue weighted by atomic mass is 10.1. The van der Waals surface area contributed by atoms with E-state index < -0.39 is 0 Å². The number of aromatic nitrogens is 2. The van der Waals surface area contributed by atoms with E-state index in [1.54, 1.807) is 6.20 Å². The SMILES string of the molecule is CCNC(=NCCn1cccn1)NC(C)CCc1ccccc1.I. The fourth-order valence-corrected chi connectivity index (χ4v) is 2.35. The number of benzene rings is 1. The zero-order valence-corrected chi connectivity index (χ0v) is 16.8. The molecule has 1 aromatic heterocycles. The first-order valence-electron chi connectivity index (χ1n) is 8.34. The predicted molar refractivity (Wildman–Crippen MR) is 111 cm³/mol. The van der Waals surface area contributed by atoms with Crippen LogP contribution in [0.4, 0.5) is 0 Å². The van der Waals surface area contributed by atoms with Gasteiger partial charge in [-0.25, -0.2) is 0 Å². The molecule has 132 valence electrons. The van der Waals surface area contributed by atoms with Gasteiger partial charge in [0.15, 0.2) is 5.96 Å². The van der Waals surface area contributed by atoms with Gasteiger partial charge in [-0.2, -0.15) is 5.10 Å². The van der Waals surface area contributed by atoms with E-state index in [1.807, 2.05) is 16.9 Å². The summed E-state index contributed by atoms with van der Waals surface area (Å²) < 4.78 is 1.89. The smallest absolute Gasteiger partial charge is 0.191 e. The highest BCUT2D eigenvalue weighted by atomic mass is 127. The monoisotopic (exact) mass is 441 g/mol. The van der Waals surface area contributed by atoms with Crippen LogP contribution in [0, 0.1) is 0 Å². The third kappa shape index (κ3) is 7.81. The summed E-state index contributed by atoms with van der Waals surface area (Å²) in [4.78, 5) is 4.62. The minimum absolute atomic E-state index is 0. The zero-order chi connectivity index (χ0) is 16.3. The predicted octanol–water partition coefficient (Wildman–Crippen LogP) is 3.08. The Morgan fingerprint density at radius 2 is 2.04 bits per heavy atom. The van der Waals surface area contributed by atoms with E-state index >= 15 is 0 Å². The summed E-state index contributed by atoms with van der Waals surface area (Å²) >= 11 is 0. The molecule has 6 heteroatoms. The lowest BCUT2D eigenvalue weighted by molar-refractivity contribution is 0.586. The van der Waals surface area contributed by atoms with Crippen LogP contribution in [-0.2, 0) is 13.0 Å². The van der Waals surface area contributed by atoms with Crippen molar-refractivity contribution >= 4 is 29.9 Å². The van der Waals surface area contributed by atoms with Crippen LogP contribution in [0.1, 0.15) is 25.8 Å². The molecule has 0 saturated heterocycles. The molecule has 0 bridgehead atoms. The van der Waals surface area contributed by atoms with Crippen molar-refractivity contribution in [2.45, 2.75) is 39.3 Å². The second kappa shape index (κ2) is 11.9. The molecular formula is C18H28IN5. The number of nitrogens with one attached hydrogen (secondary N) is 2. The Hall–Kier alpha value is -1.57. The zero-order valence-electron chi connectivity index (χ0n) is 14.5. The van der Waals surface area contributed by atoms with Crippen LogP contribution in [0.5, 0.6) is 0 Å². The molecule has 2 rings (SSSR count). The maximum atomic E-state index is 4.62. The second-order valence-corrected chi connectivity index (χ2v) is 5.60. The standard InChI is InChI=1S/C18H27N5.HI/c1-3-19-18(20-13-15-23-14-7-12-21-23)22-16(2)10-11-17-8-5-4-6-9-17;/h4-9,12,14,16H,3,10-11,13,15H2,1-2H3,(H2,19,20,22);1H. The third-order valence-electron chi connectivity index (χ3n) is 3.59. The van der Waals surface area contributed by atoms with E-state index in [-0.39, 0.29) is 24.0 Å². The average molecular weight is 441 g/mol. The minimum atomic E-state index is 0. The maximum Gasteiger partial charge on any atom is 0.191 e. The molecule has 24 heavy (non-hydrogen) atoms. The summed E-state index contributed by atoms with van der Waals surface area (Å²) in [5.74, 6) is 0.875. The first-order chi connectivity index (χ1) is 11.3. The van der Waals surface area contributed by atoms with Gasteiger partial charge in [-0.05, 0) is 38.3 Å². The fourth-order valence-electron chi connectivity index (χ4n) is 2.35. The molecule has 2 N–H and O–H groups in total. The van der Waals surface area contributed by atoms with Crippen molar-refractivity contribution < 1.29 is 0 Å². The molecule has 0 aliphatic rings. The molecule has 1 unspecified atom stereocenters. The van der Waals surface area contributed by atoms with Gasteiger partial charge in [0.25, 0.3) is 0 Å². The van der Waals surface area contributed by atoms with Crippen LogP contribution in [-0.4, -0.2) is 34.9 Å². The van der Waals surface area contributed by atoms with Gasteiger partial charge in [0.1, 0.15) is 0 Å². The minimum Gasteiger partial charge on any atom is -0.357 e. The molecule has 0 fully saturated rings. The Morgan fingerprint density at radius 3 is 2.71 bits per heavy atom. The van der Waals surface area contributed by atoms with Crippen molar-refractivity contribution in [3.63, 3.8) is 0 Å². The van der Waals surface area contributed by atoms with Gasteiger partial charge in [-0.15, -0.1) is 24.0 Å². The van der Waals surface area contributed by atoms with Crippen LogP contribution in [0.25, 0.3) is 0 Å². The number of hydrogen-bond donors (Lipinski definition) is 2. The summed E-state index contributed by atoms with van der Waals surface area (Å²) in [6.45, 7) is 6.64. The average Bonchev–Trinajstić information content (AvgIpc) is 3.07. The lowest BCUT2D eigenvalue weighted by Crippen LogP contribution is -2.42. The highest BCUT2D eigenvalue weighted by molar-refractivity contribution is 14.0. The Labute approximate surface area is 162 Å². The van der Waals surface area contributed by atoms with E-state index in [1.165, 1.54) is 5.56 Å². The molecule has 2 aromatic rings. The van der Waals surface area contributed by atoms with Gasteiger partial charge in [0, 0.05) is 25.0 Å². The Morgan fingerprint density at radius 1 is 1.25 bits per heavy atom. The topological polar surface area (TPSA) is 54.2 Å². The van der Waals surface area contributed by atoms with Gasteiger partial charge in [-0.1, -0.05) is 30.3 Å². The van der Waals surface area contributed by atoms with E-state index in [2.05, 4.69) is 64.9 Å². The van der Waals surface area contributed by atoms with Crippen molar-refractivity contribution in [1.82, 2.24) is 20.4 Å². The number of halogens is 1. The first kappa shape index (κ1) is 20.5. The van der Waals surface area contributed by atoms with Crippen LogP contribution in [0.15, 0.2) is 53.8 Å². The van der Waals surface area contributed by atoms with Crippen molar-refractivity contribution in [3.05, 3.63) is 54.4 Å². The normalized spacial score (nSPS) is 12.3. The quantitative estimate of drug-likeness (QED) is 0.376. The van der Waals surface area contributed by atoms with Gasteiger partial charge < -0.3 is 10.6 Å². The van der Waals surface area contributed by atoms with Crippen molar-refractivity contribution in [1.29, 1.82) is 0 Å². The number of aliphatic imine (C=N–C) groups is 1. The largest absolute Gasteiger partial charge is 0.357 e. The highest BCUT2D eigenvalue weighted by Crippen LogP contribution is 2.04. The van der Waals surface area contributed by atoms with Crippen LogP contribution in [0.2, 0.25) is 0 Å². The van der Waals surface area contributed by atoms with Crippen LogP contribution < -0.4 is 10.6 Å². The molecule has 0 amide bonds. The van der Waals surface area contributed by atoms with Crippen molar-refractivity contribution in [2.24, 2.45) is 4.99 Å². The van der Waals surface area contributed by atoms with Crippen molar-refractivity contribution in [2.75, 3.05) is 13.1 Å². The summed E-state index contributed by atoms with van der Waals surface area (Å²) in [7, 11) is 0. The molecular weight excluding hydrogens is 413 g/mol.